The second kappa shape index (κ2) is 7.81. The summed E-state index contributed by atoms with van der Waals surface area (Å²) in [5.41, 5.74) is 0.414. The molecular formula is C19H30ClNO. The summed E-state index contributed by atoms with van der Waals surface area (Å²) in [7, 11) is 0. The molecule has 1 aromatic rings. The molecule has 3 fully saturated rings. The zero-order chi connectivity index (χ0) is 14.7. The highest BCUT2D eigenvalue weighted by Crippen LogP contribution is 2.35. The van der Waals surface area contributed by atoms with Gasteiger partial charge in [0.1, 0.15) is 0 Å². The van der Waals surface area contributed by atoms with Crippen molar-refractivity contribution in [3.63, 3.8) is 0 Å². The maximum Gasteiger partial charge on any atom is 0.0906 e. The Morgan fingerprint density at radius 3 is 2.09 bits per heavy atom. The Morgan fingerprint density at radius 2 is 1.59 bits per heavy atom. The minimum Gasteiger partial charge on any atom is -0.385 e. The second-order valence-corrected chi connectivity index (χ2v) is 7.15. The summed E-state index contributed by atoms with van der Waals surface area (Å²) in [5.74, 6) is 1.82. The number of benzene rings is 1. The van der Waals surface area contributed by atoms with Gasteiger partial charge in [0.15, 0.2) is 0 Å². The van der Waals surface area contributed by atoms with Crippen LogP contribution >= 0.6 is 12.4 Å². The van der Waals surface area contributed by atoms with Crippen LogP contribution in [0.3, 0.4) is 0 Å². The Kier molecular flexibility index (Phi) is 6.31. The fourth-order valence-corrected chi connectivity index (χ4v) is 4.20. The number of fused-ring (bicyclic) bond motifs is 4. The summed E-state index contributed by atoms with van der Waals surface area (Å²) in [5, 5.41) is 11.0. The van der Waals surface area contributed by atoms with Gasteiger partial charge in [0.25, 0.3) is 0 Å². The van der Waals surface area contributed by atoms with Gasteiger partial charge < -0.3 is 10.0 Å². The van der Waals surface area contributed by atoms with Crippen molar-refractivity contribution in [2.24, 2.45) is 11.8 Å². The highest BCUT2D eigenvalue weighted by Gasteiger charge is 2.32. The Labute approximate surface area is 141 Å². The number of aliphatic hydroxyl groups is 1. The third-order valence-electron chi connectivity index (χ3n) is 5.74. The van der Waals surface area contributed by atoms with E-state index in [0.717, 1.165) is 36.8 Å². The first-order valence-electron chi connectivity index (χ1n) is 8.70. The summed E-state index contributed by atoms with van der Waals surface area (Å²) >= 11 is 0. The molecule has 2 aliphatic heterocycles. The van der Waals surface area contributed by atoms with E-state index in [1.54, 1.807) is 0 Å². The van der Waals surface area contributed by atoms with Crippen molar-refractivity contribution in [3.05, 3.63) is 35.9 Å². The third kappa shape index (κ3) is 4.04. The summed E-state index contributed by atoms with van der Waals surface area (Å²) in [6.45, 7) is 5.64. The standard InChI is InChI=1S/C19H29NO.ClH/c1-2-19(21,18-6-4-3-5-7-18)12-13-20-14-16-8-9-17(15-20)11-10-16;/h3-7,16-17,21H,2,8-15H2,1H3;1H. The zero-order valence-electron chi connectivity index (χ0n) is 13.7. The van der Waals surface area contributed by atoms with E-state index in [1.807, 2.05) is 18.2 Å². The molecule has 22 heavy (non-hydrogen) atoms. The van der Waals surface area contributed by atoms with Crippen molar-refractivity contribution in [3.8, 4) is 0 Å². The second-order valence-electron chi connectivity index (χ2n) is 7.15. The molecule has 0 amide bonds. The van der Waals surface area contributed by atoms with Gasteiger partial charge in [-0.3, -0.25) is 0 Å². The molecule has 1 N–H and O–H groups in total. The van der Waals surface area contributed by atoms with Gasteiger partial charge in [0.2, 0.25) is 0 Å². The highest BCUT2D eigenvalue weighted by atomic mass is 35.5. The zero-order valence-corrected chi connectivity index (χ0v) is 14.5. The van der Waals surface area contributed by atoms with Crippen LogP contribution in [0.2, 0.25) is 0 Å². The van der Waals surface area contributed by atoms with E-state index in [2.05, 4.69) is 24.0 Å². The van der Waals surface area contributed by atoms with Crippen molar-refractivity contribution in [2.75, 3.05) is 19.6 Å². The van der Waals surface area contributed by atoms with E-state index in [9.17, 15) is 5.11 Å². The maximum atomic E-state index is 11.0. The van der Waals surface area contributed by atoms with E-state index in [0.29, 0.717) is 0 Å². The van der Waals surface area contributed by atoms with Crippen molar-refractivity contribution in [1.82, 2.24) is 4.90 Å². The van der Waals surface area contributed by atoms with E-state index in [4.69, 9.17) is 0 Å². The Hall–Kier alpha value is -0.570. The van der Waals surface area contributed by atoms with Crippen molar-refractivity contribution in [2.45, 2.75) is 51.0 Å². The minimum absolute atomic E-state index is 0. The number of halogens is 1. The van der Waals surface area contributed by atoms with Gasteiger partial charge in [-0.25, -0.2) is 0 Å². The lowest BCUT2D eigenvalue weighted by Gasteiger charge is -2.31. The van der Waals surface area contributed by atoms with Crippen LogP contribution in [0.15, 0.2) is 30.3 Å². The lowest BCUT2D eigenvalue weighted by Crippen LogP contribution is -2.35. The van der Waals surface area contributed by atoms with Gasteiger partial charge in [0.05, 0.1) is 5.60 Å². The van der Waals surface area contributed by atoms with Crippen LogP contribution < -0.4 is 0 Å². The van der Waals surface area contributed by atoms with Crippen molar-refractivity contribution in [1.29, 1.82) is 0 Å². The van der Waals surface area contributed by atoms with Crippen LogP contribution in [0.1, 0.15) is 51.0 Å². The number of hydrogen-bond donors (Lipinski definition) is 1. The molecule has 1 aliphatic carbocycles. The van der Waals surface area contributed by atoms with Crippen molar-refractivity contribution >= 4 is 12.4 Å². The topological polar surface area (TPSA) is 23.5 Å². The molecular weight excluding hydrogens is 294 g/mol. The van der Waals surface area contributed by atoms with E-state index in [1.165, 1.54) is 38.8 Å². The smallest absolute Gasteiger partial charge is 0.0906 e. The number of hydrogen-bond acceptors (Lipinski definition) is 2. The molecule has 1 saturated carbocycles. The summed E-state index contributed by atoms with van der Waals surface area (Å²) in [4.78, 5) is 2.62. The molecule has 0 radical (unpaired) electrons. The maximum absolute atomic E-state index is 11.0. The number of nitrogens with zero attached hydrogens (tertiary/aromatic N) is 1. The van der Waals surface area contributed by atoms with Crippen LogP contribution in [0, 0.1) is 11.8 Å². The summed E-state index contributed by atoms with van der Waals surface area (Å²) in [6.07, 6.45) is 7.36. The van der Waals surface area contributed by atoms with Crippen LogP contribution in [-0.2, 0) is 5.60 Å². The summed E-state index contributed by atoms with van der Waals surface area (Å²) < 4.78 is 0. The first kappa shape index (κ1) is 17.8. The molecule has 2 heterocycles. The lowest BCUT2D eigenvalue weighted by atomic mass is 9.84. The molecule has 1 atom stereocenters. The molecule has 2 bridgehead atoms. The molecule has 1 unspecified atom stereocenters. The monoisotopic (exact) mass is 323 g/mol. The van der Waals surface area contributed by atoms with Crippen LogP contribution in [0.5, 0.6) is 0 Å². The Bertz CT molecular complexity index is 430. The van der Waals surface area contributed by atoms with Gasteiger partial charge in [0, 0.05) is 19.6 Å². The van der Waals surface area contributed by atoms with E-state index < -0.39 is 5.60 Å². The van der Waals surface area contributed by atoms with Gasteiger partial charge >= 0.3 is 0 Å². The molecule has 1 aromatic carbocycles. The van der Waals surface area contributed by atoms with Crippen LogP contribution in [0.25, 0.3) is 0 Å². The average molecular weight is 324 g/mol. The first-order chi connectivity index (χ1) is 10.2. The molecule has 2 saturated heterocycles. The average Bonchev–Trinajstić information content (AvgIpc) is 2.86. The highest BCUT2D eigenvalue weighted by molar-refractivity contribution is 5.85. The molecule has 4 rings (SSSR count). The number of rotatable bonds is 5. The van der Waals surface area contributed by atoms with Gasteiger partial charge in [-0.2, -0.15) is 0 Å². The quantitative estimate of drug-likeness (QED) is 0.877. The SMILES string of the molecule is CCC(O)(CCN1CC2CCC(CC2)C1)c1ccccc1.Cl. The van der Waals surface area contributed by atoms with Crippen LogP contribution in [-0.4, -0.2) is 29.6 Å². The predicted molar refractivity (Wildman–Crippen MR) is 94.4 cm³/mol. The summed E-state index contributed by atoms with van der Waals surface area (Å²) in [6, 6.07) is 10.2. The largest absolute Gasteiger partial charge is 0.385 e. The molecule has 3 aliphatic rings. The Balaban J connectivity index is 0.00000176. The lowest BCUT2D eigenvalue weighted by molar-refractivity contribution is 0.0123. The normalized spacial score (nSPS) is 27.7. The first-order valence-corrected chi connectivity index (χ1v) is 8.70. The minimum atomic E-state index is -0.660. The molecule has 2 nitrogen and oxygen atoms in total. The van der Waals surface area contributed by atoms with Crippen molar-refractivity contribution < 1.29 is 5.11 Å². The third-order valence-corrected chi connectivity index (χ3v) is 5.74. The van der Waals surface area contributed by atoms with E-state index in [-0.39, 0.29) is 12.4 Å². The fraction of sp³-hybridized carbons (Fsp3) is 0.684. The molecule has 0 spiro atoms. The van der Waals surface area contributed by atoms with Gasteiger partial charge in [-0.05, 0) is 55.9 Å². The molecule has 124 valence electrons. The molecule has 3 heteroatoms. The van der Waals surface area contributed by atoms with Crippen LogP contribution in [0.4, 0.5) is 0 Å². The Morgan fingerprint density at radius 1 is 1.05 bits per heavy atom. The van der Waals surface area contributed by atoms with E-state index >= 15 is 0 Å². The predicted octanol–water partition coefficient (Wildman–Crippen LogP) is 4.22. The van der Waals surface area contributed by atoms with Gasteiger partial charge in [-0.15, -0.1) is 12.4 Å². The van der Waals surface area contributed by atoms with Gasteiger partial charge in [-0.1, -0.05) is 37.3 Å². The molecule has 0 aromatic heterocycles. The fourth-order valence-electron chi connectivity index (χ4n) is 4.20.